The van der Waals surface area contributed by atoms with Crippen LogP contribution in [0.2, 0.25) is 0 Å². The van der Waals surface area contributed by atoms with Crippen molar-refractivity contribution in [3.8, 4) is 5.75 Å². The maximum atomic E-state index is 12.2. The Balaban J connectivity index is 1.56. The number of aryl methyl sites for hydroxylation is 1. The number of carbonyl (C=O) groups is 1. The Morgan fingerprint density at radius 2 is 1.97 bits per heavy atom. The third-order valence-electron chi connectivity index (χ3n) is 5.87. The van der Waals surface area contributed by atoms with Gasteiger partial charge in [-0.05, 0) is 43.7 Å². The number of primary amides is 1. The zero-order valence-corrected chi connectivity index (χ0v) is 19.2. The highest BCUT2D eigenvalue weighted by Gasteiger charge is 2.16. The molecule has 1 aliphatic heterocycles. The number of para-hydroxylation sites is 1. The van der Waals surface area contributed by atoms with Crippen molar-refractivity contribution in [2.24, 2.45) is 5.73 Å². The number of ether oxygens (including phenoxy) is 2. The molecule has 0 atom stereocenters. The van der Waals surface area contributed by atoms with Gasteiger partial charge in [0.2, 0.25) is 0 Å². The van der Waals surface area contributed by atoms with E-state index < -0.39 is 5.91 Å². The number of methoxy groups -OCH3 is 1. The molecule has 4 rings (SSSR count). The van der Waals surface area contributed by atoms with Crippen molar-refractivity contribution in [3.05, 3.63) is 53.6 Å². The van der Waals surface area contributed by atoms with Crippen molar-refractivity contribution in [1.29, 1.82) is 0 Å². The highest BCUT2D eigenvalue weighted by atomic mass is 16.5. The fourth-order valence-electron chi connectivity index (χ4n) is 3.98. The van der Waals surface area contributed by atoms with Gasteiger partial charge < -0.3 is 25.8 Å². The van der Waals surface area contributed by atoms with Crippen molar-refractivity contribution in [1.82, 2.24) is 9.88 Å². The molecule has 8 nitrogen and oxygen atoms in total. The Morgan fingerprint density at radius 3 is 2.70 bits per heavy atom. The number of hydrogen-bond donors (Lipinski definition) is 3. The van der Waals surface area contributed by atoms with Gasteiger partial charge in [0.25, 0.3) is 5.91 Å². The Morgan fingerprint density at radius 1 is 1.18 bits per heavy atom. The van der Waals surface area contributed by atoms with Gasteiger partial charge >= 0.3 is 0 Å². The number of anilines is 3. The van der Waals surface area contributed by atoms with E-state index in [0.29, 0.717) is 22.6 Å². The third-order valence-corrected chi connectivity index (χ3v) is 5.87. The monoisotopic (exact) mass is 449 g/mol. The van der Waals surface area contributed by atoms with E-state index in [2.05, 4.69) is 15.5 Å². The van der Waals surface area contributed by atoms with E-state index in [9.17, 15) is 4.79 Å². The summed E-state index contributed by atoms with van der Waals surface area (Å²) in [6, 6.07) is 13.4. The van der Waals surface area contributed by atoms with Gasteiger partial charge in [0.15, 0.2) is 0 Å². The number of benzene rings is 2. The summed E-state index contributed by atoms with van der Waals surface area (Å²) in [5.74, 6) is 0.601. The molecular formula is C25H31N5O3. The number of nitrogens with zero attached hydrogens (tertiary/aromatic N) is 2. The molecule has 0 spiro atoms. The van der Waals surface area contributed by atoms with Crippen LogP contribution in [0.15, 0.2) is 42.5 Å². The average molecular weight is 450 g/mol. The molecular weight excluding hydrogens is 418 g/mol. The Hall–Kier alpha value is -3.36. The molecule has 4 N–H and O–H groups in total. The summed E-state index contributed by atoms with van der Waals surface area (Å²) in [6.07, 6.45) is 1.01. The number of amides is 1. The Bertz CT molecular complexity index is 1130. The highest BCUT2D eigenvalue weighted by Crippen LogP contribution is 2.32. The molecule has 1 fully saturated rings. The number of nitrogens with two attached hydrogens (primary N) is 1. The van der Waals surface area contributed by atoms with Crippen LogP contribution in [-0.2, 0) is 4.74 Å². The molecule has 33 heavy (non-hydrogen) atoms. The van der Waals surface area contributed by atoms with Gasteiger partial charge in [0.1, 0.15) is 11.6 Å². The van der Waals surface area contributed by atoms with Crippen LogP contribution in [0.3, 0.4) is 0 Å². The lowest BCUT2D eigenvalue weighted by atomic mass is 10.1. The van der Waals surface area contributed by atoms with E-state index in [1.165, 1.54) is 0 Å². The van der Waals surface area contributed by atoms with Gasteiger partial charge in [-0.2, -0.15) is 0 Å². The minimum Gasteiger partial charge on any atom is -0.495 e. The average Bonchev–Trinajstić information content (AvgIpc) is 2.83. The molecule has 8 heteroatoms. The van der Waals surface area contributed by atoms with Gasteiger partial charge in [-0.25, -0.2) is 4.98 Å². The molecule has 0 unspecified atom stereocenters. The number of carbonyl (C=O) groups excluding carboxylic acids is 1. The van der Waals surface area contributed by atoms with Crippen molar-refractivity contribution in [2.75, 3.05) is 57.1 Å². The number of nitrogens with one attached hydrogen (secondary N) is 2. The fraction of sp³-hybridized carbons (Fsp3) is 0.360. The molecule has 2 heterocycles. The lowest BCUT2D eigenvalue weighted by Gasteiger charge is -2.26. The maximum Gasteiger partial charge on any atom is 0.252 e. The van der Waals surface area contributed by atoms with E-state index in [4.69, 9.17) is 20.2 Å². The van der Waals surface area contributed by atoms with Crippen LogP contribution in [0.5, 0.6) is 5.75 Å². The van der Waals surface area contributed by atoms with Crippen LogP contribution in [0.25, 0.3) is 10.9 Å². The van der Waals surface area contributed by atoms with Crippen LogP contribution in [-0.4, -0.2) is 62.3 Å². The predicted molar refractivity (Wildman–Crippen MR) is 132 cm³/mol. The first-order valence-corrected chi connectivity index (χ1v) is 11.2. The van der Waals surface area contributed by atoms with Crippen molar-refractivity contribution in [3.63, 3.8) is 0 Å². The minimum atomic E-state index is -0.531. The molecule has 0 bridgehead atoms. The minimum absolute atomic E-state index is 0.342. The van der Waals surface area contributed by atoms with E-state index in [1.807, 2.05) is 43.3 Å². The van der Waals surface area contributed by atoms with Gasteiger partial charge in [-0.3, -0.25) is 9.69 Å². The summed E-state index contributed by atoms with van der Waals surface area (Å²) >= 11 is 0. The number of rotatable bonds is 9. The summed E-state index contributed by atoms with van der Waals surface area (Å²) in [5.41, 5.74) is 9.53. The molecule has 2 aromatic carbocycles. The Labute approximate surface area is 194 Å². The third kappa shape index (κ3) is 5.53. The van der Waals surface area contributed by atoms with Gasteiger partial charge in [-0.1, -0.05) is 18.2 Å². The Kier molecular flexibility index (Phi) is 7.26. The SMILES string of the molecule is COc1cc2nc(Nc3ccccc3C)c(C(N)=O)cc2cc1NCCCN1CCOCC1. The fourth-order valence-corrected chi connectivity index (χ4v) is 3.98. The number of fused-ring (bicyclic) bond motifs is 1. The van der Waals surface area contributed by atoms with Crippen LogP contribution in [0, 0.1) is 6.92 Å². The van der Waals surface area contributed by atoms with E-state index in [1.54, 1.807) is 13.2 Å². The van der Waals surface area contributed by atoms with Crippen LogP contribution < -0.4 is 21.1 Å². The zero-order valence-electron chi connectivity index (χ0n) is 19.2. The van der Waals surface area contributed by atoms with Crippen molar-refractivity contribution >= 4 is 34.0 Å². The summed E-state index contributed by atoms with van der Waals surface area (Å²) in [5, 5.41) is 7.54. The van der Waals surface area contributed by atoms with Gasteiger partial charge in [-0.15, -0.1) is 0 Å². The molecule has 174 valence electrons. The second-order valence-corrected chi connectivity index (χ2v) is 8.17. The van der Waals surface area contributed by atoms with E-state index in [0.717, 1.165) is 68.1 Å². The molecule has 0 aliphatic carbocycles. The highest BCUT2D eigenvalue weighted by molar-refractivity contribution is 6.02. The molecule has 1 aliphatic rings. The summed E-state index contributed by atoms with van der Waals surface area (Å²) in [4.78, 5) is 19.3. The quantitative estimate of drug-likeness (QED) is 0.430. The van der Waals surface area contributed by atoms with Crippen molar-refractivity contribution < 1.29 is 14.3 Å². The first-order valence-electron chi connectivity index (χ1n) is 11.2. The lowest BCUT2D eigenvalue weighted by molar-refractivity contribution is 0.0378. The van der Waals surface area contributed by atoms with Crippen LogP contribution in [0.1, 0.15) is 22.3 Å². The molecule has 0 radical (unpaired) electrons. The zero-order chi connectivity index (χ0) is 23.2. The van der Waals surface area contributed by atoms with Crippen molar-refractivity contribution in [2.45, 2.75) is 13.3 Å². The normalized spacial score (nSPS) is 14.2. The van der Waals surface area contributed by atoms with Gasteiger partial charge in [0, 0.05) is 36.8 Å². The number of aromatic nitrogens is 1. The first-order chi connectivity index (χ1) is 16.0. The van der Waals surface area contributed by atoms with Crippen LogP contribution >= 0.6 is 0 Å². The smallest absolute Gasteiger partial charge is 0.252 e. The molecule has 1 aromatic heterocycles. The number of pyridine rings is 1. The molecule has 1 saturated heterocycles. The molecule has 0 saturated carbocycles. The largest absolute Gasteiger partial charge is 0.495 e. The number of hydrogen-bond acceptors (Lipinski definition) is 7. The summed E-state index contributed by atoms with van der Waals surface area (Å²) in [7, 11) is 1.64. The van der Waals surface area contributed by atoms with Gasteiger partial charge in [0.05, 0.1) is 37.1 Å². The predicted octanol–water partition coefficient (Wildman–Crippen LogP) is 3.53. The summed E-state index contributed by atoms with van der Waals surface area (Å²) < 4.78 is 11.0. The molecule has 1 amide bonds. The van der Waals surface area contributed by atoms with E-state index in [-0.39, 0.29) is 0 Å². The number of morpholine rings is 1. The lowest BCUT2D eigenvalue weighted by Crippen LogP contribution is -2.37. The maximum absolute atomic E-state index is 12.2. The first kappa shape index (κ1) is 22.8. The second-order valence-electron chi connectivity index (χ2n) is 8.17. The van der Waals surface area contributed by atoms with Crippen LogP contribution in [0.4, 0.5) is 17.2 Å². The molecule has 3 aromatic rings. The summed E-state index contributed by atoms with van der Waals surface area (Å²) in [6.45, 7) is 7.41. The second kappa shape index (κ2) is 10.5. The topological polar surface area (TPSA) is 102 Å². The standard InChI is InChI=1S/C25H31N5O3/c1-17-6-3-4-7-20(17)28-25-19(24(26)31)14-18-15-22(23(32-2)16-21(18)29-25)27-8-5-9-30-10-12-33-13-11-30/h3-4,6-7,14-16,27H,5,8-13H2,1-2H3,(H2,26,31)(H,28,29). The van der Waals surface area contributed by atoms with E-state index >= 15 is 0 Å².